The molecular weight excluding hydrogens is 314 g/mol. The number of allylic oxidation sites excluding steroid dienone is 1. The van der Waals surface area contributed by atoms with Gasteiger partial charge >= 0.3 is 6.09 Å². The summed E-state index contributed by atoms with van der Waals surface area (Å²) in [6.07, 6.45) is 0.944. The molecule has 8 nitrogen and oxygen atoms in total. The normalized spacial score (nSPS) is 18.9. The number of alkyl carbamates (subject to hydrolysis) is 1. The van der Waals surface area contributed by atoms with E-state index in [1.165, 1.54) is 13.0 Å². The molecule has 1 unspecified atom stereocenters. The highest BCUT2D eigenvalue weighted by atomic mass is 16.6. The second-order valence-electron chi connectivity index (χ2n) is 6.35. The minimum absolute atomic E-state index is 0.102. The van der Waals surface area contributed by atoms with Crippen molar-refractivity contribution in [1.82, 2.24) is 16.0 Å². The molecule has 1 aliphatic rings. The van der Waals surface area contributed by atoms with Crippen molar-refractivity contribution in [2.75, 3.05) is 0 Å². The highest BCUT2D eigenvalue weighted by molar-refractivity contribution is 6.04. The van der Waals surface area contributed by atoms with Gasteiger partial charge in [0.2, 0.25) is 11.8 Å². The third-order valence-corrected chi connectivity index (χ3v) is 3.09. The van der Waals surface area contributed by atoms with Gasteiger partial charge in [0.1, 0.15) is 11.6 Å². The fourth-order valence-electron chi connectivity index (χ4n) is 2.01. The van der Waals surface area contributed by atoms with E-state index in [-0.39, 0.29) is 30.0 Å². The van der Waals surface area contributed by atoms with Gasteiger partial charge in [-0.05, 0) is 34.1 Å². The molecule has 0 aromatic rings. The van der Waals surface area contributed by atoms with Gasteiger partial charge in [-0.3, -0.25) is 25.0 Å². The average Bonchev–Trinajstić information content (AvgIpc) is 2.40. The zero-order chi connectivity index (χ0) is 18.5. The van der Waals surface area contributed by atoms with Crippen LogP contribution in [0.3, 0.4) is 0 Å². The molecule has 0 bridgehead atoms. The number of amides is 4. The van der Waals surface area contributed by atoms with E-state index in [2.05, 4.69) is 22.5 Å². The van der Waals surface area contributed by atoms with E-state index in [4.69, 9.17) is 4.74 Å². The van der Waals surface area contributed by atoms with Gasteiger partial charge in [0, 0.05) is 12.1 Å². The Bertz CT molecular complexity index is 601. The molecule has 0 spiro atoms. The number of piperidine rings is 1. The summed E-state index contributed by atoms with van der Waals surface area (Å²) in [7, 11) is 0. The summed E-state index contributed by atoms with van der Waals surface area (Å²) in [6, 6.07) is -0.806. The monoisotopic (exact) mass is 337 g/mol. The van der Waals surface area contributed by atoms with Crippen LogP contribution in [0.15, 0.2) is 23.9 Å². The largest absolute Gasteiger partial charge is 0.444 e. The zero-order valence-electron chi connectivity index (χ0n) is 14.3. The average molecular weight is 337 g/mol. The second-order valence-corrected chi connectivity index (χ2v) is 6.35. The van der Waals surface area contributed by atoms with Gasteiger partial charge in [-0.2, -0.15) is 0 Å². The van der Waals surface area contributed by atoms with Crippen LogP contribution >= 0.6 is 0 Å². The molecule has 1 heterocycles. The fraction of sp³-hybridized carbons (Fsp3) is 0.500. The first-order valence-electron chi connectivity index (χ1n) is 7.51. The third kappa shape index (κ3) is 5.86. The van der Waals surface area contributed by atoms with Crippen molar-refractivity contribution in [1.29, 1.82) is 0 Å². The predicted octanol–water partition coefficient (Wildman–Crippen LogP) is 0.892. The number of hydrogen-bond donors (Lipinski definition) is 3. The molecule has 1 rings (SSSR count). The molecule has 1 fully saturated rings. The van der Waals surface area contributed by atoms with Crippen LogP contribution in [0.1, 0.15) is 40.5 Å². The number of rotatable bonds is 4. The quantitative estimate of drug-likeness (QED) is 0.400. The van der Waals surface area contributed by atoms with Crippen LogP contribution in [0.5, 0.6) is 0 Å². The first-order valence-corrected chi connectivity index (χ1v) is 7.51. The molecule has 0 radical (unpaired) electrons. The van der Waals surface area contributed by atoms with Crippen molar-refractivity contribution in [3.05, 3.63) is 23.9 Å². The highest BCUT2D eigenvalue weighted by Gasteiger charge is 2.28. The van der Waals surface area contributed by atoms with Crippen LogP contribution in [0.2, 0.25) is 0 Å². The lowest BCUT2D eigenvalue weighted by Crippen LogP contribution is -2.52. The Morgan fingerprint density at radius 3 is 2.46 bits per heavy atom. The van der Waals surface area contributed by atoms with E-state index in [0.717, 1.165) is 0 Å². The lowest BCUT2D eigenvalue weighted by atomic mass is 10.1. The maximum absolute atomic E-state index is 12.3. The summed E-state index contributed by atoms with van der Waals surface area (Å²) in [5.41, 5.74) is -0.331. The lowest BCUT2D eigenvalue weighted by Gasteiger charge is -2.23. The van der Waals surface area contributed by atoms with Crippen LogP contribution < -0.4 is 16.0 Å². The Balaban J connectivity index is 2.77. The summed E-state index contributed by atoms with van der Waals surface area (Å²) in [6.45, 7) is 10.2. The minimum atomic E-state index is -0.806. The van der Waals surface area contributed by atoms with E-state index in [1.54, 1.807) is 20.8 Å². The number of hydrogen-bond acceptors (Lipinski definition) is 5. The molecule has 0 aromatic carbocycles. The summed E-state index contributed by atoms with van der Waals surface area (Å²) >= 11 is 0. The maximum atomic E-state index is 12.3. The number of ether oxygens (including phenoxy) is 1. The maximum Gasteiger partial charge on any atom is 0.411 e. The van der Waals surface area contributed by atoms with Gasteiger partial charge in [-0.1, -0.05) is 12.7 Å². The summed E-state index contributed by atoms with van der Waals surface area (Å²) in [4.78, 5) is 46.8. The Morgan fingerprint density at radius 2 is 1.96 bits per heavy atom. The smallest absolute Gasteiger partial charge is 0.411 e. The Hall–Kier alpha value is -2.64. The molecule has 0 aromatic heterocycles. The molecule has 132 valence electrons. The molecular formula is C16H23N3O5. The topological polar surface area (TPSA) is 114 Å². The lowest BCUT2D eigenvalue weighted by molar-refractivity contribution is -0.136. The van der Waals surface area contributed by atoms with E-state index < -0.39 is 29.6 Å². The number of carbonyl (C=O) groups is 4. The summed E-state index contributed by atoms with van der Waals surface area (Å²) in [5, 5.41) is 7.13. The van der Waals surface area contributed by atoms with Gasteiger partial charge in [0.25, 0.3) is 5.91 Å². The van der Waals surface area contributed by atoms with Crippen molar-refractivity contribution in [2.24, 2.45) is 0 Å². The van der Waals surface area contributed by atoms with Crippen LogP contribution in [-0.2, 0) is 19.1 Å². The van der Waals surface area contributed by atoms with Crippen LogP contribution in [-0.4, -0.2) is 35.5 Å². The van der Waals surface area contributed by atoms with Crippen LogP contribution in [0.4, 0.5) is 4.79 Å². The Kier molecular flexibility index (Phi) is 6.27. The minimum Gasteiger partial charge on any atom is -0.444 e. The van der Waals surface area contributed by atoms with Crippen LogP contribution in [0.25, 0.3) is 0 Å². The zero-order valence-corrected chi connectivity index (χ0v) is 14.3. The van der Waals surface area contributed by atoms with Crippen molar-refractivity contribution in [3.63, 3.8) is 0 Å². The van der Waals surface area contributed by atoms with Crippen LogP contribution in [0, 0.1) is 0 Å². The SMILES string of the molecule is C=CC(C(=O)NC1CCC(=O)NC1=O)=C(C)NC(=O)OC(C)(C)C. The van der Waals surface area contributed by atoms with Gasteiger partial charge in [-0.25, -0.2) is 4.79 Å². The third-order valence-electron chi connectivity index (χ3n) is 3.09. The van der Waals surface area contributed by atoms with Gasteiger partial charge in [-0.15, -0.1) is 0 Å². The van der Waals surface area contributed by atoms with E-state index >= 15 is 0 Å². The molecule has 0 saturated carbocycles. The Labute approximate surface area is 140 Å². The number of nitrogens with one attached hydrogen (secondary N) is 3. The fourth-order valence-corrected chi connectivity index (χ4v) is 2.01. The first-order chi connectivity index (χ1) is 11.0. The van der Waals surface area contributed by atoms with Gasteiger partial charge in [0.15, 0.2) is 0 Å². The number of carbonyl (C=O) groups excluding carboxylic acids is 4. The van der Waals surface area contributed by atoms with Crippen molar-refractivity contribution in [3.8, 4) is 0 Å². The molecule has 24 heavy (non-hydrogen) atoms. The molecule has 4 amide bonds. The highest BCUT2D eigenvalue weighted by Crippen LogP contribution is 2.10. The molecule has 1 atom stereocenters. The molecule has 0 aliphatic carbocycles. The predicted molar refractivity (Wildman–Crippen MR) is 86.6 cm³/mol. The second kappa shape index (κ2) is 7.76. The molecule has 3 N–H and O–H groups in total. The van der Waals surface area contributed by atoms with Gasteiger partial charge < -0.3 is 10.1 Å². The Morgan fingerprint density at radius 1 is 1.33 bits per heavy atom. The number of imide groups is 1. The van der Waals surface area contributed by atoms with Crippen molar-refractivity contribution < 1.29 is 23.9 Å². The van der Waals surface area contributed by atoms with E-state index in [0.29, 0.717) is 0 Å². The standard InChI is InChI=1S/C16H23N3O5/c1-6-10(9(2)17-15(23)24-16(3,4)5)13(21)18-11-7-8-12(20)19-14(11)22/h6,11H,1,7-8H2,2-5H3,(H,17,23)(H,18,21)(H,19,20,22). The van der Waals surface area contributed by atoms with Gasteiger partial charge in [0.05, 0.1) is 5.57 Å². The summed E-state index contributed by atoms with van der Waals surface area (Å²) in [5.74, 6) is -1.50. The summed E-state index contributed by atoms with van der Waals surface area (Å²) < 4.78 is 5.11. The molecule has 1 saturated heterocycles. The van der Waals surface area contributed by atoms with Crippen molar-refractivity contribution in [2.45, 2.75) is 52.2 Å². The first kappa shape index (κ1) is 19.4. The van der Waals surface area contributed by atoms with E-state index in [9.17, 15) is 19.2 Å². The molecule has 1 aliphatic heterocycles. The van der Waals surface area contributed by atoms with Crippen molar-refractivity contribution >= 4 is 23.8 Å². The van der Waals surface area contributed by atoms with E-state index in [1.807, 2.05) is 0 Å². The molecule has 8 heteroatoms.